The Morgan fingerprint density at radius 2 is 1.93 bits per heavy atom. The van der Waals surface area contributed by atoms with Crippen molar-refractivity contribution in [3.63, 3.8) is 0 Å². The quantitative estimate of drug-likeness (QED) is 0.235. The number of rotatable bonds is 5. The van der Waals surface area contributed by atoms with Gasteiger partial charge in [-0.2, -0.15) is 0 Å². The van der Waals surface area contributed by atoms with Gasteiger partial charge in [-0.3, -0.25) is 0 Å². The van der Waals surface area contributed by atoms with Gasteiger partial charge in [0.05, 0.1) is 0 Å². The van der Waals surface area contributed by atoms with Gasteiger partial charge in [0.15, 0.2) is 0 Å². The number of hydrogen-bond donors (Lipinski definition) is 2. The second-order valence-corrected chi connectivity index (χ2v) is 3.40. The van der Waals surface area contributed by atoms with E-state index in [9.17, 15) is 9.59 Å². The Bertz CT molecular complexity index is 267. The summed E-state index contributed by atoms with van der Waals surface area (Å²) in [7, 11) is 0. The molecule has 1 atom stereocenters. The minimum absolute atomic E-state index is 0.0811. The molecule has 1 unspecified atom stereocenters. The van der Waals surface area contributed by atoms with Gasteiger partial charge in [0, 0.05) is 6.42 Å². The molecule has 0 aliphatic heterocycles. The van der Waals surface area contributed by atoms with Gasteiger partial charge in [-0.15, -0.1) is 0 Å². The van der Waals surface area contributed by atoms with E-state index in [2.05, 4.69) is 4.74 Å². The first kappa shape index (κ1) is 13.6. The first-order valence-electron chi connectivity index (χ1n) is 4.72. The third-order valence-electron chi connectivity index (χ3n) is 1.54. The smallest absolute Gasteiger partial charge is 0.347 e. The van der Waals surface area contributed by atoms with Crippen molar-refractivity contribution in [1.29, 1.82) is 0 Å². The minimum Gasteiger partial charge on any atom is -0.477 e. The van der Waals surface area contributed by atoms with Gasteiger partial charge >= 0.3 is 11.9 Å². The fraction of sp³-hybridized carbons (Fsp3) is 0.600. The number of hydrogen-bond acceptors (Lipinski definition) is 4. The number of aliphatic carboxylic acids is 1. The molecule has 15 heavy (non-hydrogen) atoms. The summed E-state index contributed by atoms with van der Waals surface area (Å²) >= 11 is 0. The van der Waals surface area contributed by atoms with Crippen LogP contribution in [0.15, 0.2) is 11.6 Å². The van der Waals surface area contributed by atoms with Crippen molar-refractivity contribution < 1.29 is 24.5 Å². The monoisotopic (exact) mass is 216 g/mol. The van der Waals surface area contributed by atoms with Crippen molar-refractivity contribution in [2.45, 2.75) is 33.5 Å². The van der Waals surface area contributed by atoms with E-state index in [0.29, 0.717) is 0 Å². The number of carbonyl (C=O) groups excluding carboxylic acids is 1. The predicted molar refractivity (Wildman–Crippen MR) is 52.9 cm³/mol. The van der Waals surface area contributed by atoms with Crippen LogP contribution >= 0.6 is 0 Å². The van der Waals surface area contributed by atoms with Gasteiger partial charge in [-0.25, -0.2) is 9.59 Å². The lowest BCUT2D eigenvalue weighted by molar-refractivity contribution is -0.164. The molecule has 5 nitrogen and oxygen atoms in total. The van der Waals surface area contributed by atoms with Crippen molar-refractivity contribution in [3.8, 4) is 0 Å². The molecule has 0 aromatic carbocycles. The molecule has 0 fully saturated rings. The van der Waals surface area contributed by atoms with Gasteiger partial charge < -0.3 is 14.9 Å². The van der Waals surface area contributed by atoms with E-state index in [1.807, 2.05) is 0 Å². The molecule has 5 heteroatoms. The van der Waals surface area contributed by atoms with Crippen LogP contribution < -0.4 is 0 Å². The number of aliphatic hydroxyl groups is 1. The molecule has 0 aliphatic rings. The zero-order chi connectivity index (χ0) is 12.0. The minimum atomic E-state index is -1.35. The Morgan fingerprint density at radius 1 is 1.40 bits per heavy atom. The normalized spacial score (nSPS) is 13.8. The van der Waals surface area contributed by atoms with Crippen LogP contribution in [0.25, 0.3) is 0 Å². The van der Waals surface area contributed by atoms with Crippen LogP contribution in [-0.4, -0.2) is 28.4 Å². The Kier molecular flexibility index (Phi) is 5.62. The lowest BCUT2D eigenvalue weighted by Gasteiger charge is -2.10. The van der Waals surface area contributed by atoms with E-state index in [-0.39, 0.29) is 12.3 Å². The summed E-state index contributed by atoms with van der Waals surface area (Å²) in [6.45, 7) is 5.10. The van der Waals surface area contributed by atoms with E-state index in [4.69, 9.17) is 10.2 Å². The Hall–Kier alpha value is -1.36. The maximum absolute atomic E-state index is 11.3. The summed E-state index contributed by atoms with van der Waals surface area (Å²) < 4.78 is 4.49. The molecule has 0 aromatic heterocycles. The number of carboxylic acid groups (broad SMARTS) is 1. The number of carbonyl (C=O) groups is 2. The van der Waals surface area contributed by atoms with Crippen LogP contribution in [0.1, 0.15) is 27.2 Å². The van der Waals surface area contributed by atoms with Gasteiger partial charge in [0.2, 0.25) is 6.29 Å². The summed E-state index contributed by atoms with van der Waals surface area (Å²) in [6, 6.07) is 0. The van der Waals surface area contributed by atoms with E-state index in [1.54, 1.807) is 20.8 Å². The third-order valence-corrected chi connectivity index (χ3v) is 1.54. The third kappa shape index (κ3) is 5.17. The van der Waals surface area contributed by atoms with E-state index >= 15 is 0 Å². The standard InChI is InChI=1S/C10H16O5/c1-4-8(11)15-10(14)7(9(12)13)5-6(2)3/h5-6,8,11H,4H2,1-3H3,(H,12,13). The highest BCUT2D eigenvalue weighted by atomic mass is 16.6. The number of aliphatic hydroxyl groups excluding tert-OH is 1. The van der Waals surface area contributed by atoms with Crippen molar-refractivity contribution >= 4 is 11.9 Å². The van der Waals surface area contributed by atoms with Crippen LogP contribution in [-0.2, 0) is 14.3 Å². The van der Waals surface area contributed by atoms with Gasteiger partial charge in [-0.05, 0) is 5.92 Å². The molecule has 0 aliphatic carbocycles. The lowest BCUT2D eigenvalue weighted by Crippen LogP contribution is -2.22. The molecule has 0 rings (SSSR count). The van der Waals surface area contributed by atoms with E-state index in [0.717, 1.165) is 0 Å². The first-order chi connectivity index (χ1) is 6.88. The van der Waals surface area contributed by atoms with Crippen molar-refractivity contribution in [2.75, 3.05) is 0 Å². The van der Waals surface area contributed by atoms with Crippen LogP contribution in [0.4, 0.5) is 0 Å². The summed E-state index contributed by atoms with van der Waals surface area (Å²) in [5.41, 5.74) is -0.447. The fourth-order valence-corrected chi connectivity index (χ4v) is 0.830. The number of carboxylic acids is 1. The van der Waals surface area contributed by atoms with Gasteiger partial charge in [0.1, 0.15) is 5.57 Å². The second-order valence-electron chi connectivity index (χ2n) is 3.40. The maximum atomic E-state index is 11.3. The Labute approximate surface area is 88.4 Å². The predicted octanol–water partition coefficient (Wildman–Crippen LogP) is 0.925. The highest BCUT2D eigenvalue weighted by Crippen LogP contribution is 2.07. The summed E-state index contributed by atoms with van der Waals surface area (Å²) in [5.74, 6) is -2.44. The van der Waals surface area contributed by atoms with Gasteiger partial charge in [-0.1, -0.05) is 26.8 Å². The molecule has 0 heterocycles. The molecule has 0 saturated carbocycles. The number of allylic oxidation sites excluding steroid dienone is 1. The Morgan fingerprint density at radius 3 is 2.27 bits per heavy atom. The molecule has 0 spiro atoms. The fourth-order valence-electron chi connectivity index (χ4n) is 0.830. The molecule has 0 radical (unpaired) electrons. The van der Waals surface area contributed by atoms with Crippen molar-refractivity contribution in [1.82, 2.24) is 0 Å². The summed E-state index contributed by atoms with van der Waals surface area (Å²) in [4.78, 5) is 22.0. The average molecular weight is 216 g/mol. The van der Waals surface area contributed by atoms with Crippen molar-refractivity contribution in [2.24, 2.45) is 5.92 Å². The molecular formula is C10H16O5. The van der Waals surface area contributed by atoms with Gasteiger partial charge in [0.25, 0.3) is 0 Å². The molecule has 0 amide bonds. The highest BCUT2D eigenvalue weighted by Gasteiger charge is 2.21. The van der Waals surface area contributed by atoms with Crippen LogP contribution in [0.5, 0.6) is 0 Å². The van der Waals surface area contributed by atoms with Crippen molar-refractivity contribution in [3.05, 3.63) is 11.6 Å². The summed E-state index contributed by atoms with van der Waals surface area (Å²) in [5, 5.41) is 17.8. The number of esters is 1. The molecular weight excluding hydrogens is 200 g/mol. The summed E-state index contributed by atoms with van der Waals surface area (Å²) in [6.07, 6.45) is 0.250. The molecule has 0 bridgehead atoms. The second kappa shape index (κ2) is 6.19. The average Bonchev–Trinajstić information content (AvgIpc) is 2.12. The number of ether oxygens (including phenoxy) is 1. The van der Waals surface area contributed by atoms with Crippen LogP contribution in [0, 0.1) is 5.92 Å². The van der Waals surface area contributed by atoms with Crippen LogP contribution in [0.3, 0.4) is 0 Å². The topological polar surface area (TPSA) is 83.8 Å². The molecule has 0 aromatic rings. The Balaban J connectivity index is 4.65. The molecule has 86 valence electrons. The zero-order valence-corrected chi connectivity index (χ0v) is 9.06. The molecule has 0 saturated heterocycles. The lowest BCUT2D eigenvalue weighted by atomic mass is 10.1. The van der Waals surface area contributed by atoms with E-state index < -0.39 is 23.8 Å². The highest BCUT2D eigenvalue weighted by molar-refractivity contribution is 6.13. The van der Waals surface area contributed by atoms with E-state index in [1.165, 1.54) is 6.08 Å². The molecule has 2 N–H and O–H groups in total. The van der Waals surface area contributed by atoms with Crippen LogP contribution in [0.2, 0.25) is 0 Å². The first-order valence-corrected chi connectivity index (χ1v) is 4.72. The maximum Gasteiger partial charge on any atom is 0.347 e. The SMILES string of the molecule is CCC(O)OC(=O)C(=CC(C)C)C(=O)O. The zero-order valence-electron chi connectivity index (χ0n) is 9.06. The largest absolute Gasteiger partial charge is 0.477 e.